The number of aromatic nitrogens is 2. The average molecular weight is 431 g/mol. The Morgan fingerprint density at radius 3 is 2.34 bits per heavy atom. The van der Waals surface area contributed by atoms with Gasteiger partial charge in [-0.15, -0.1) is 0 Å². The van der Waals surface area contributed by atoms with Crippen LogP contribution in [0.4, 0.5) is 13.2 Å². The molecule has 1 atom stereocenters. The second-order valence-corrected chi connectivity index (χ2v) is 8.68. The van der Waals surface area contributed by atoms with Crippen molar-refractivity contribution in [2.45, 2.75) is 30.0 Å². The third-order valence-corrected chi connectivity index (χ3v) is 6.71. The largest absolute Gasteiger partial charge is 0.444 e. The Hall–Kier alpha value is -2.40. The highest BCUT2D eigenvalue weighted by Gasteiger charge is 2.47. The molecule has 0 unspecified atom stereocenters. The monoisotopic (exact) mass is 431 g/mol. The van der Waals surface area contributed by atoms with Crippen LogP contribution < -0.4 is 0 Å². The third kappa shape index (κ3) is 4.61. The van der Waals surface area contributed by atoms with Crippen molar-refractivity contribution < 1.29 is 31.1 Å². The number of hydrogen-bond acceptors (Lipinski definition) is 5. The Morgan fingerprint density at radius 2 is 1.83 bits per heavy atom. The van der Waals surface area contributed by atoms with E-state index >= 15 is 0 Å². The van der Waals surface area contributed by atoms with Crippen molar-refractivity contribution in [3.63, 3.8) is 0 Å². The first-order valence-corrected chi connectivity index (χ1v) is 10.3. The molecule has 0 spiro atoms. The summed E-state index contributed by atoms with van der Waals surface area (Å²) in [7, 11) is -2.33. The molecule has 0 radical (unpaired) electrons. The molecule has 0 bridgehead atoms. The summed E-state index contributed by atoms with van der Waals surface area (Å²) in [5.41, 5.74) is 0. The molecule has 1 aliphatic heterocycles. The molecule has 29 heavy (non-hydrogen) atoms. The number of carbonyl (C=O) groups excluding carboxylic acids is 1. The minimum absolute atomic E-state index is 0.0239. The van der Waals surface area contributed by atoms with Crippen molar-refractivity contribution in [3.8, 4) is 0 Å². The molecule has 2 aromatic rings. The molecule has 158 valence electrons. The fourth-order valence-corrected chi connectivity index (χ4v) is 4.67. The summed E-state index contributed by atoms with van der Waals surface area (Å²) in [4.78, 5) is 16.1. The van der Waals surface area contributed by atoms with E-state index < -0.39 is 40.0 Å². The molecule has 0 saturated carbocycles. The molecule has 0 N–H and O–H groups in total. The number of alkyl halides is 3. The fourth-order valence-electron chi connectivity index (χ4n) is 3.18. The highest BCUT2D eigenvalue weighted by atomic mass is 32.2. The molecular formula is C18H20F3N3O4S. The summed E-state index contributed by atoms with van der Waals surface area (Å²) in [6.07, 6.45) is -4.61. The minimum Gasteiger partial charge on any atom is -0.444 e. The van der Waals surface area contributed by atoms with Crippen LogP contribution in [0.15, 0.2) is 47.6 Å². The summed E-state index contributed by atoms with van der Waals surface area (Å²) < 4.78 is 72.5. The maximum absolute atomic E-state index is 13.4. The molecular weight excluding hydrogens is 411 g/mol. The Bertz CT molecular complexity index is 952. The molecule has 1 aromatic heterocycles. The summed E-state index contributed by atoms with van der Waals surface area (Å²) >= 11 is 0. The molecule has 0 amide bonds. The van der Waals surface area contributed by atoms with Crippen molar-refractivity contribution >= 4 is 16.0 Å². The highest BCUT2D eigenvalue weighted by molar-refractivity contribution is 7.89. The van der Waals surface area contributed by atoms with Crippen LogP contribution in [0, 0.1) is 5.92 Å². The Labute approximate surface area is 166 Å². The summed E-state index contributed by atoms with van der Waals surface area (Å²) in [5, 5.41) is 0. The molecule has 0 aliphatic carbocycles. The van der Waals surface area contributed by atoms with Gasteiger partial charge in [0, 0.05) is 32.5 Å². The lowest BCUT2D eigenvalue weighted by molar-refractivity contribution is -0.229. The Kier molecular flexibility index (Phi) is 5.99. The van der Waals surface area contributed by atoms with E-state index in [0.29, 0.717) is 0 Å². The zero-order chi connectivity index (χ0) is 21.2. The van der Waals surface area contributed by atoms with Crippen LogP contribution in [-0.2, 0) is 26.6 Å². The topological polar surface area (TPSA) is 81.5 Å². The van der Waals surface area contributed by atoms with Gasteiger partial charge in [-0.2, -0.15) is 17.5 Å². The average Bonchev–Trinajstić information content (AvgIpc) is 3.11. The normalized spacial score (nSPS) is 17.8. The SMILES string of the molecule is Cn1ccnc1[C@@H](OC(=O)C1CCN(S(=O)(=O)c2ccccc2)CC1)C(F)(F)F. The van der Waals surface area contributed by atoms with Crippen molar-refractivity contribution in [3.05, 3.63) is 48.5 Å². The number of benzene rings is 1. The van der Waals surface area contributed by atoms with Crippen LogP contribution in [0.2, 0.25) is 0 Å². The molecule has 1 saturated heterocycles. The van der Waals surface area contributed by atoms with Crippen molar-refractivity contribution in [2.24, 2.45) is 13.0 Å². The summed E-state index contributed by atoms with van der Waals surface area (Å²) in [5.74, 6) is -2.25. The van der Waals surface area contributed by atoms with Gasteiger partial charge in [-0.05, 0) is 25.0 Å². The zero-order valence-corrected chi connectivity index (χ0v) is 16.4. The van der Waals surface area contributed by atoms with Crippen LogP contribution in [0.3, 0.4) is 0 Å². The van der Waals surface area contributed by atoms with Gasteiger partial charge in [-0.1, -0.05) is 18.2 Å². The number of esters is 1. The number of ether oxygens (including phenoxy) is 1. The Morgan fingerprint density at radius 1 is 1.21 bits per heavy atom. The van der Waals surface area contributed by atoms with E-state index in [1.165, 1.54) is 35.9 Å². The van der Waals surface area contributed by atoms with Gasteiger partial charge in [0.15, 0.2) is 5.82 Å². The predicted molar refractivity (Wildman–Crippen MR) is 96.0 cm³/mol. The van der Waals surface area contributed by atoms with Crippen molar-refractivity contribution in [1.82, 2.24) is 13.9 Å². The second kappa shape index (κ2) is 8.15. The standard InChI is InChI=1S/C18H20F3N3O4S/c1-23-12-9-22-16(23)15(18(19,20)21)28-17(25)13-7-10-24(11-8-13)29(26,27)14-5-3-2-4-6-14/h2-6,9,12-13,15H,7-8,10-11H2,1H3/t15-/m1/s1. The van der Waals surface area contributed by atoms with Crippen LogP contribution in [0.25, 0.3) is 0 Å². The van der Waals surface area contributed by atoms with Crippen LogP contribution in [0.1, 0.15) is 24.8 Å². The zero-order valence-electron chi connectivity index (χ0n) is 15.5. The van der Waals surface area contributed by atoms with Gasteiger partial charge in [-0.25, -0.2) is 13.4 Å². The number of piperidine rings is 1. The van der Waals surface area contributed by atoms with Crippen molar-refractivity contribution in [2.75, 3.05) is 13.1 Å². The summed E-state index contributed by atoms with van der Waals surface area (Å²) in [6.45, 7) is 0.0478. The first-order chi connectivity index (χ1) is 13.6. The van der Waals surface area contributed by atoms with Gasteiger partial charge >= 0.3 is 12.1 Å². The maximum Gasteiger partial charge on any atom is 0.432 e. The van der Waals surface area contributed by atoms with E-state index in [9.17, 15) is 26.4 Å². The first kappa shape index (κ1) is 21.3. The number of nitrogens with zero attached hydrogens (tertiary/aromatic N) is 3. The van der Waals surface area contributed by atoms with E-state index in [0.717, 1.165) is 4.57 Å². The van der Waals surface area contributed by atoms with Gasteiger partial charge in [0.1, 0.15) is 0 Å². The lowest BCUT2D eigenvalue weighted by Gasteiger charge is -2.31. The van der Waals surface area contributed by atoms with Gasteiger partial charge < -0.3 is 9.30 Å². The number of sulfonamides is 1. The van der Waals surface area contributed by atoms with Gasteiger partial charge in [0.2, 0.25) is 10.0 Å². The summed E-state index contributed by atoms with van der Waals surface area (Å²) in [6, 6.07) is 7.84. The second-order valence-electron chi connectivity index (χ2n) is 6.75. The van der Waals surface area contributed by atoms with E-state index in [4.69, 9.17) is 4.74 Å². The van der Waals surface area contributed by atoms with Crippen LogP contribution in [0.5, 0.6) is 0 Å². The molecule has 1 aromatic carbocycles. The highest BCUT2D eigenvalue weighted by Crippen LogP contribution is 2.36. The number of aryl methyl sites for hydroxylation is 1. The number of hydrogen-bond donors (Lipinski definition) is 0. The predicted octanol–water partition coefficient (Wildman–Crippen LogP) is 2.67. The third-order valence-electron chi connectivity index (χ3n) is 4.79. The molecule has 2 heterocycles. The van der Waals surface area contributed by atoms with Gasteiger partial charge in [0.25, 0.3) is 6.10 Å². The molecule has 1 aliphatic rings. The number of rotatable bonds is 5. The number of imidazole rings is 1. The smallest absolute Gasteiger partial charge is 0.432 e. The fraction of sp³-hybridized carbons (Fsp3) is 0.444. The molecule has 7 nitrogen and oxygen atoms in total. The molecule has 1 fully saturated rings. The lowest BCUT2D eigenvalue weighted by atomic mass is 9.98. The lowest BCUT2D eigenvalue weighted by Crippen LogP contribution is -2.41. The van der Waals surface area contributed by atoms with E-state index in [2.05, 4.69) is 4.98 Å². The van der Waals surface area contributed by atoms with Crippen LogP contribution in [-0.4, -0.2) is 47.5 Å². The van der Waals surface area contributed by atoms with E-state index in [1.54, 1.807) is 18.2 Å². The van der Waals surface area contributed by atoms with E-state index in [1.807, 2.05) is 0 Å². The molecule has 3 rings (SSSR count). The van der Waals surface area contributed by atoms with Crippen molar-refractivity contribution in [1.29, 1.82) is 0 Å². The van der Waals surface area contributed by atoms with Gasteiger partial charge in [-0.3, -0.25) is 4.79 Å². The maximum atomic E-state index is 13.4. The quantitative estimate of drug-likeness (QED) is 0.680. The number of carbonyl (C=O) groups is 1. The van der Waals surface area contributed by atoms with Gasteiger partial charge in [0.05, 0.1) is 10.8 Å². The van der Waals surface area contributed by atoms with Crippen LogP contribution >= 0.6 is 0 Å². The first-order valence-electron chi connectivity index (χ1n) is 8.90. The Balaban J connectivity index is 1.66. The van der Waals surface area contributed by atoms with E-state index in [-0.39, 0.29) is 30.8 Å². The number of halogens is 3. The minimum atomic E-state index is -4.81. The molecule has 11 heteroatoms.